The van der Waals surface area contributed by atoms with Gasteiger partial charge in [-0.05, 0) is 69.6 Å². The second-order valence-electron chi connectivity index (χ2n) is 10.3. The van der Waals surface area contributed by atoms with Gasteiger partial charge in [0.2, 0.25) is 5.91 Å². The number of nitrogens with zero attached hydrogens (tertiary/aromatic N) is 3. The Hall–Kier alpha value is -2.59. The number of hydrogen-bond donors (Lipinski definition) is 2. The van der Waals surface area contributed by atoms with E-state index in [2.05, 4.69) is 37.5 Å². The molecular weight excluding hydrogens is 487 g/mol. The molecule has 36 heavy (non-hydrogen) atoms. The largest absolute Gasteiger partial charge is 0.395 e. The Balaban J connectivity index is 1.26. The first-order chi connectivity index (χ1) is 17.0. The molecule has 0 radical (unpaired) electrons. The van der Waals surface area contributed by atoms with E-state index in [1.165, 1.54) is 11.8 Å². The van der Waals surface area contributed by atoms with Gasteiger partial charge in [0.15, 0.2) is 0 Å². The van der Waals surface area contributed by atoms with E-state index >= 15 is 0 Å². The highest BCUT2D eigenvalue weighted by molar-refractivity contribution is 8.08. The normalized spacial score (nSPS) is 23.6. The van der Waals surface area contributed by atoms with Crippen LogP contribution < -0.4 is 5.32 Å². The summed E-state index contributed by atoms with van der Waals surface area (Å²) in [4.78, 5) is 19.0. The molecule has 2 fully saturated rings. The van der Waals surface area contributed by atoms with Crippen molar-refractivity contribution in [2.75, 3.05) is 20.6 Å². The van der Waals surface area contributed by atoms with Crippen LogP contribution in [0, 0.1) is 12.3 Å². The van der Waals surface area contributed by atoms with E-state index in [0.29, 0.717) is 12.1 Å². The molecule has 0 spiro atoms. The summed E-state index contributed by atoms with van der Waals surface area (Å²) in [5.41, 5.74) is 1.53. The summed E-state index contributed by atoms with van der Waals surface area (Å²) in [7, 11) is 3.95. The highest BCUT2D eigenvalue weighted by atomic mass is 32.2. The van der Waals surface area contributed by atoms with Crippen molar-refractivity contribution >= 4 is 28.6 Å². The van der Waals surface area contributed by atoms with Gasteiger partial charge in [-0.25, -0.2) is 0 Å². The number of halogens is 3. The minimum Gasteiger partial charge on any atom is -0.353 e. The summed E-state index contributed by atoms with van der Waals surface area (Å²) < 4.78 is 42.1. The molecule has 3 atom stereocenters. The Kier molecular flexibility index (Phi) is 6.31. The second kappa shape index (κ2) is 9.06. The number of H-pyrrole nitrogens is 1. The second-order valence-corrected chi connectivity index (χ2v) is 11.8. The van der Waals surface area contributed by atoms with Crippen LogP contribution in [-0.2, 0) is 11.2 Å². The van der Waals surface area contributed by atoms with Crippen molar-refractivity contribution in [1.82, 2.24) is 25.4 Å². The minimum absolute atomic E-state index is 0.0445. The average molecular weight is 518 g/mol. The molecule has 6 nitrogen and oxygen atoms in total. The van der Waals surface area contributed by atoms with Crippen molar-refractivity contribution in [2.24, 2.45) is 5.41 Å². The number of aromatic nitrogens is 3. The molecule has 2 aromatic heterocycles. The van der Waals surface area contributed by atoms with Crippen LogP contribution in [0.25, 0.3) is 10.9 Å². The highest BCUT2D eigenvalue weighted by Gasteiger charge is 2.67. The number of alkyl halides is 3. The van der Waals surface area contributed by atoms with E-state index in [1.807, 2.05) is 20.2 Å². The zero-order chi connectivity index (χ0) is 25.7. The summed E-state index contributed by atoms with van der Waals surface area (Å²) in [5.74, 6) is -1.30. The molecular formula is C26H30F3N5OS. The van der Waals surface area contributed by atoms with Crippen molar-refractivity contribution in [3.63, 3.8) is 0 Å². The molecule has 3 heterocycles. The third-order valence-corrected chi connectivity index (χ3v) is 9.55. The lowest BCUT2D eigenvalue weighted by Crippen LogP contribution is -2.45. The van der Waals surface area contributed by atoms with Crippen LogP contribution >= 0.6 is 11.8 Å². The maximum Gasteiger partial charge on any atom is 0.395 e. The number of aryl methyl sites for hydroxylation is 1. The van der Waals surface area contributed by atoms with Gasteiger partial charge in [-0.2, -0.15) is 18.3 Å². The molecule has 10 heteroatoms. The lowest BCUT2D eigenvalue weighted by atomic mass is 9.80. The quantitative estimate of drug-likeness (QED) is 0.399. The van der Waals surface area contributed by atoms with Gasteiger partial charge in [0.05, 0.1) is 22.0 Å². The molecule has 1 saturated heterocycles. The van der Waals surface area contributed by atoms with Crippen molar-refractivity contribution in [2.45, 2.75) is 54.8 Å². The molecule has 1 unspecified atom stereocenters. The van der Waals surface area contributed by atoms with Crippen LogP contribution in [-0.4, -0.2) is 62.9 Å². The topological polar surface area (TPSA) is 73.9 Å². The predicted octanol–water partition coefficient (Wildman–Crippen LogP) is 4.81. The average Bonchev–Trinajstić information content (AvgIpc) is 3.72. The SMILES string of the molecule is Cc1ccc([C@@H](CC(=O)NC[C@@]2(N(C)C)SC2Cc2ccc3[nH]ncc3c2)C2(C(F)(F)F)CC2)cn1. The lowest BCUT2D eigenvalue weighted by molar-refractivity contribution is -0.194. The smallest absolute Gasteiger partial charge is 0.353 e. The van der Waals surface area contributed by atoms with Crippen LogP contribution in [0.5, 0.6) is 0 Å². The predicted molar refractivity (Wildman–Crippen MR) is 135 cm³/mol. The molecule has 1 aliphatic carbocycles. The van der Waals surface area contributed by atoms with Crippen molar-refractivity contribution in [1.29, 1.82) is 0 Å². The van der Waals surface area contributed by atoms with Crippen molar-refractivity contribution < 1.29 is 18.0 Å². The van der Waals surface area contributed by atoms with E-state index in [9.17, 15) is 18.0 Å². The molecule has 1 saturated carbocycles. The van der Waals surface area contributed by atoms with Crippen LogP contribution in [0.1, 0.15) is 42.0 Å². The summed E-state index contributed by atoms with van der Waals surface area (Å²) in [6.45, 7) is 2.17. The molecule has 1 aromatic carbocycles. The molecule has 3 aromatic rings. The molecule has 5 rings (SSSR count). The number of rotatable bonds is 9. The number of benzene rings is 1. The standard InChI is InChI=1S/C26H30F3N5OS/c1-16-4-6-18(13-30-16)20(24(8-9-24)26(27,28)29)12-23(35)31-15-25(34(2)3)22(36-25)11-17-5-7-21-19(10-17)14-32-33-21/h4-7,10,13-14,20,22H,8-9,11-12,15H2,1-3H3,(H,31,35)(H,32,33)/t20-,22?,25-/m1/s1. The molecule has 1 aliphatic heterocycles. The van der Waals surface area contributed by atoms with E-state index in [1.54, 1.807) is 37.0 Å². The summed E-state index contributed by atoms with van der Waals surface area (Å²) in [5, 5.41) is 11.3. The maximum absolute atomic E-state index is 14.0. The van der Waals surface area contributed by atoms with E-state index in [-0.39, 0.29) is 35.3 Å². The summed E-state index contributed by atoms with van der Waals surface area (Å²) >= 11 is 1.77. The highest BCUT2D eigenvalue weighted by Crippen LogP contribution is 2.66. The molecule has 2 aliphatic rings. The Morgan fingerprint density at radius 2 is 2.03 bits per heavy atom. The van der Waals surface area contributed by atoms with Crippen molar-refractivity contribution in [3.05, 3.63) is 59.5 Å². The van der Waals surface area contributed by atoms with Gasteiger partial charge < -0.3 is 5.32 Å². The number of hydrogen-bond acceptors (Lipinski definition) is 5. The van der Waals surface area contributed by atoms with Gasteiger partial charge in [0.1, 0.15) is 0 Å². The Morgan fingerprint density at radius 3 is 2.67 bits per heavy atom. The number of thioether (sulfide) groups is 1. The van der Waals surface area contributed by atoms with E-state index in [0.717, 1.165) is 23.0 Å². The van der Waals surface area contributed by atoms with Crippen LogP contribution in [0.3, 0.4) is 0 Å². The van der Waals surface area contributed by atoms with Crippen molar-refractivity contribution in [3.8, 4) is 0 Å². The zero-order valence-corrected chi connectivity index (χ0v) is 21.3. The van der Waals surface area contributed by atoms with Gasteiger partial charge >= 0.3 is 6.18 Å². The Bertz CT molecular complexity index is 1250. The van der Waals surface area contributed by atoms with Gasteiger partial charge in [-0.3, -0.25) is 19.8 Å². The zero-order valence-electron chi connectivity index (χ0n) is 20.5. The summed E-state index contributed by atoms with van der Waals surface area (Å²) in [6, 6.07) is 9.59. The molecule has 1 amide bonds. The third-order valence-electron chi connectivity index (χ3n) is 7.76. The van der Waals surface area contributed by atoms with Crippen LogP contribution in [0.15, 0.2) is 42.7 Å². The van der Waals surface area contributed by atoms with Gasteiger partial charge in [0.25, 0.3) is 0 Å². The number of pyridine rings is 1. The third kappa shape index (κ3) is 4.61. The first-order valence-electron chi connectivity index (χ1n) is 12.1. The van der Waals surface area contributed by atoms with Gasteiger partial charge in [-0.15, -0.1) is 11.8 Å². The van der Waals surface area contributed by atoms with Gasteiger partial charge in [0, 0.05) is 41.4 Å². The Morgan fingerprint density at radius 1 is 1.25 bits per heavy atom. The van der Waals surface area contributed by atoms with Crippen LogP contribution in [0.4, 0.5) is 13.2 Å². The maximum atomic E-state index is 14.0. The molecule has 0 bridgehead atoms. The first-order valence-corrected chi connectivity index (χ1v) is 13.0. The number of likely N-dealkylation sites (N-methyl/N-ethyl adjacent to an activating group) is 1. The number of nitrogens with one attached hydrogen (secondary N) is 2. The minimum atomic E-state index is -4.36. The molecule has 2 N–H and O–H groups in total. The number of carbonyl (C=O) groups excluding carboxylic acids is 1. The fourth-order valence-corrected chi connectivity index (χ4v) is 6.66. The fraction of sp³-hybridized carbons (Fsp3) is 0.500. The van der Waals surface area contributed by atoms with Crippen LogP contribution in [0.2, 0.25) is 0 Å². The summed E-state index contributed by atoms with van der Waals surface area (Å²) in [6.07, 6.45) is -0.363. The number of amides is 1. The number of aromatic amines is 1. The monoisotopic (exact) mass is 517 g/mol. The lowest BCUT2D eigenvalue weighted by Gasteiger charge is -2.30. The van der Waals surface area contributed by atoms with Gasteiger partial charge in [-0.1, -0.05) is 12.1 Å². The fourth-order valence-electron chi connectivity index (χ4n) is 5.22. The van der Waals surface area contributed by atoms with E-state index < -0.39 is 17.5 Å². The Labute approximate surface area is 212 Å². The number of carbonyl (C=O) groups is 1. The van der Waals surface area contributed by atoms with E-state index in [4.69, 9.17) is 0 Å². The molecule has 192 valence electrons. The first kappa shape index (κ1) is 25.1. The number of fused-ring (bicyclic) bond motifs is 1.